The van der Waals surface area contributed by atoms with Crippen LogP contribution in [-0.2, 0) is 14.8 Å². The van der Waals surface area contributed by atoms with Crippen molar-refractivity contribution < 1.29 is 17.9 Å². The van der Waals surface area contributed by atoms with E-state index in [4.69, 9.17) is 0 Å². The Morgan fingerprint density at radius 1 is 1.55 bits per heavy atom. The Hall–Kier alpha value is -0.990. The van der Waals surface area contributed by atoms with Gasteiger partial charge < -0.3 is 4.74 Å². The molecule has 112 valence electrons. The number of methoxy groups -OCH3 is 1. The number of rotatable bonds is 7. The number of unbranched alkanes of at least 4 members (excludes halogenated alkanes) is 1. The fourth-order valence-electron chi connectivity index (χ4n) is 1.93. The van der Waals surface area contributed by atoms with E-state index in [2.05, 4.69) is 9.72 Å². The van der Waals surface area contributed by atoms with E-state index in [1.807, 2.05) is 6.92 Å². The van der Waals surface area contributed by atoms with Crippen LogP contribution in [0.1, 0.15) is 43.1 Å². The third kappa shape index (κ3) is 3.02. The van der Waals surface area contributed by atoms with E-state index in [1.165, 1.54) is 16.9 Å². The van der Waals surface area contributed by atoms with Crippen LogP contribution >= 0.6 is 11.3 Å². The van der Waals surface area contributed by atoms with E-state index in [1.54, 1.807) is 0 Å². The van der Waals surface area contributed by atoms with Crippen molar-refractivity contribution in [3.05, 3.63) is 11.2 Å². The van der Waals surface area contributed by atoms with Crippen LogP contribution in [0.3, 0.4) is 0 Å². The van der Waals surface area contributed by atoms with E-state index >= 15 is 0 Å². The summed E-state index contributed by atoms with van der Waals surface area (Å²) >= 11 is 0.966. The van der Waals surface area contributed by atoms with E-state index in [0.29, 0.717) is 6.54 Å². The standard InChI is InChI=1S/C12H18N2O4S2/c1-3-4-7-14(9-5-6-9)20(16,17)12-10(11(15)18-2)13-8-19-12/h8-9H,3-7H2,1-2H3. The van der Waals surface area contributed by atoms with Gasteiger partial charge in [-0.2, -0.15) is 4.31 Å². The normalized spacial score (nSPS) is 15.6. The average Bonchev–Trinajstić information content (AvgIpc) is 3.12. The van der Waals surface area contributed by atoms with Crippen molar-refractivity contribution in [2.75, 3.05) is 13.7 Å². The van der Waals surface area contributed by atoms with Crippen molar-refractivity contribution in [3.8, 4) is 0 Å². The molecular weight excluding hydrogens is 300 g/mol. The molecule has 0 saturated heterocycles. The monoisotopic (exact) mass is 318 g/mol. The second-order valence-corrected chi connectivity index (χ2v) is 7.62. The van der Waals surface area contributed by atoms with Gasteiger partial charge in [0, 0.05) is 12.6 Å². The molecule has 0 unspecified atom stereocenters. The summed E-state index contributed by atoms with van der Waals surface area (Å²) in [6, 6.07) is 0.0687. The van der Waals surface area contributed by atoms with Crippen molar-refractivity contribution in [1.82, 2.24) is 9.29 Å². The van der Waals surface area contributed by atoms with Gasteiger partial charge in [-0.05, 0) is 19.3 Å². The Morgan fingerprint density at radius 3 is 2.80 bits per heavy atom. The largest absolute Gasteiger partial charge is 0.464 e. The molecule has 1 aliphatic carbocycles. The number of sulfonamides is 1. The lowest BCUT2D eigenvalue weighted by molar-refractivity contribution is 0.0590. The van der Waals surface area contributed by atoms with Crippen LogP contribution in [0.15, 0.2) is 9.72 Å². The van der Waals surface area contributed by atoms with Gasteiger partial charge in [-0.15, -0.1) is 11.3 Å². The SMILES string of the molecule is CCCCN(C1CC1)S(=O)(=O)c1scnc1C(=O)OC. The van der Waals surface area contributed by atoms with Crippen LogP contribution in [0, 0.1) is 0 Å². The lowest BCUT2D eigenvalue weighted by Crippen LogP contribution is -2.34. The van der Waals surface area contributed by atoms with Crippen LogP contribution in [-0.4, -0.2) is 43.4 Å². The van der Waals surface area contributed by atoms with Gasteiger partial charge in [0.2, 0.25) is 0 Å². The van der Waals surface area contributed by atoms with Crippen molar-refractivity contribution in [2.24, 2.45) is 0 Å². The van der Waals surface area contributed by atoms with Gasteiger partial charge in [-0.3, -0.25) is 0 Å². The number of thiazole rings is 1. The van der Waals surface area contributed by atoms with Gasteiger partial charge >= 0.3 is 5.97 Å². The second kappa shape index (κ2) is 6.19. The number of ether oxygens (including phenoxy) is 1. The maximum absolute atomic E-state index is 12.7. The number of hydrogen-bond acceptors (Lipinski definition) is 6. The molecule has 0 aromatic carbocycles. The van der Waals surface area contributed by atoms with Gasteiger partial charge in [0.25, 0.3) is 10.0 Å². The molecule has 0 radical (unpaired) electrons. The highest BCUT2D eigenvalue weighted by molar-refractivity contribution is 7.91. The smallest absolute Gasteiger partial charge is 0.358 e. The summed E-state index contributed by atoms with van der Waals surface area (Å²) in [5.41, 5.74) is 1.25. The van der Waals surface area contributed by atoms with Crippen LogP contribution in [0.2, 0.25) is 0 Å². The molecule has 6 nitrogen and oxygen atoms in total. The van der Waals surface area contributed by atoms with Crippen molar-refractivity contribution in [3.63, 3.8) is 0 Å². The number of carbonyl (C=O) groups excluding carboxylic acids is 1. The maximum Gasteiger partial charge on any atom is 0.358 e. The highest BCUT2D eigenvalue weighted by Gasteiger charge is 2.40. The molecule has 0 bridgehead atoms. The zero-order chi connectivity index (χ0) is 14.8. The Balaban J connectivity index is 2.33. The molecule has 1 heterocycles. The summed E-state index contributed by atoms with van der Waals surface area (Å²) in [5.74, 6) is -0.712. The van der Waals surface area contributed by atoms with Gasteiger partial charge in [-0.1, -0.05) is 13.3 Å². The Morgan fingerprint density at radius 2 is 2.25 bits per heavy atom. The van der Waals surface area contributed by atoms with E-state index in [-0.39, 0.29) is 15.9 Å². The molecule has 0 spiro atoms. The molecule has 1 fully saturated rings. The van der Waals surface area contributed by atoms with Crippen molar-refractivity contribution in [1.29, 1.82) is 0 Å². The molecule has 1 aromatic heterocycles. The van der Waals surface area contributed by atoms with Gasteiger partial charge in [0.1, 0.15) is 0 Å². The third-order valence-corrected chi connectivity index (χ3v) is 6.44. The van der Waals surface area contributed by atoms with Gasteiger partial charge in [0.15, 0.2) is 9.90 Å². The number of nitrogens with zero attached hydrogens (tertiary/aromatic N) is 2. The van der Waals surface area contributed by atoms with Crippen LogP contribution in [0.4, 0.5) is 0 Å². The first-order chi connectivity index (χ1) is 9.52. The number of carbonyl (C=O) groups is 1. The molecule has 1 aromatic rings. The predicted octanol–water partition coefficient (Wildman–Crippen LogP) is 1.88. The molecule has 0 amide bonds. The predicted molar refractivity (Wildman–Crippen MR) is 75.3 cm³/mol. The molecule has 1 saturated carbocycles. The van der Waals surface area contributed by atoms with Crippen LogP contribution < -0.4 is 0 Å². The van der Waals surface area contributed by atoms with E-state index < -0.39 is 16.0 Å². The molecule has 1 aliphatic rings. The molecule has 0 N–H and O–H groups in total. The van der Waals surface area contributed by atoms with Crippen LogP contribution in [0.25, 0.3) is 0 Å². The molecule has 0 atom stereocenters. The van der Waals surface area contributed by atoms with Crippen molar-refractivity contribution >= 4 is 27.3 Å². The fraction of sp³-hybridized carbons (Fsp3) is 0.667. The number of esters is 1. The lowest BCUT2D eigenvalue weighted by Gasteiger charge is -2.20. The average molecular weight is 318 g/mol. The molecule has 2 rings (SSSR count). The van der Waals surface area contributed by atoms with Gasteiger partial charge in [-0.25, -0.2) is 18.2 Å². The minimum atomic E-state index is -3.66. The quantitative estimate of drug-likeness (QED) is 0.717. The van der Waals surface area contributed by atoms with Crippen molar-refractivity contribution in [2.45, 2.75) is 42.9 Å². The second-order valence-electron chi connectivity index (χ2n) is 4.68. The summed E-state index contributed by atoms with van der Waals surface area (Å²) in [5, 5.41) is 0. The third-order valence-electron chi connectivity index (χ3n) is 3.14. The molecule has 8 heteroatoms. The zero-order valence-electron chi connectivity index (χ0n) is 11.5. The molecular formula is C12H18N2O4S2. The summed E-state index contributed by atoms with van der Waals surface area (Å²) < 4.78 is 31.5. The maximum atomic E-state index is 12.7. The van der Waals surface area contributed by atoms with Gasteiger partial charge in [0.05, 0.1) is 12.6 Å². The van der Waals surface area contributed by atoms with E-state index in [9.17, 15) is 13.2 Å². The first-order valence-electron chi connectivity index (χ1n) is 6.56. The summed E-state index contributed by atoms with van der Waals surface area (Å²) in [7, 11) is -2.45. The summed E-state index contributed by atoms with van der Waals surface area (Å²) in [4.78, 5) is 15.4. The Kier molecular flexibility index (Phi) is 4.77. The number of hydrogen-bond donors (Lipinski definition) is 0. The zero-order valence-corrected chi connectivity index (χ0v) is 13.2. The molecule has 0 aliphatic heterocycles. The minimum absolute atomic E-state index is 0.00708. The van der Waals surface area contributed by atoms with E-state index in [0.717, 1.165) is 37.0 Å². The minimum Gasteiger partial charge on any atom is -0.464 e. The Labute approximate surface area is 122 Å². The molecule has 20 heavy (non-hydrogen) atoms. The topological polar surface area (TPSA) is 76.6 Å². The van der Waals surface area contributed by atoms with Crippen LogP contribution in [0.5, 0.6) is 0 Å². The summed E-state index contributed by atoms with van der Waals surface area (Å²) in [6.45, 7) is 2.51. The highest BCUT2D eigenvalue weighted by atomic mass is 32.2. The first kappa shape index (κ1) is 15.4. The highest BCUT2D eigenvalue weighted by Crippen LogP contribution is 2.34. The fourth-order valence-corrected chi connectivity index (χ4v) is 4.90. The Bertz CT molecular complexity index is 578. The lowest BCUT2D eigenvalue weighted by atomic mass is 10.3. The first-order valence-corrected chi connectivity index (χ1v) is 8.88. The number of aromatic nitrogens is 1. The summed E-state index contributed by atoms with van der Waals surface area (Å²) in [6.07, 6.45) is 3.50.